The third-order valence-corrected chi connectivity index (χ3v) is 31.1. The van der Waals surface area contributed by atoms with Gasteiger partial charge >= 0.3 is 0 Å². The third-order valence-electron chi connectivity index (χ3n) is 31.1. The SMILES string of the molecule is CCCCCCCCC1(CCCCCCCC)c2cc(N(c3ccc(C)cc3)c3ccc4c(c3)C(CCCCCCC)(CCCCCCC)c3c5c(c6oc7ccccc7c6c3-4)-c3ccccc3C5(CCCCCCC)CCCCCCC)ccc2-c2cc3c(cc21)-c1c(ccc2oc4ccccc4c12)C3(CCCCCCCC)CCCCCCCC. The van der Waals surface area contributed by atoms with E-state index in [2.05, 4.69) is 225 Å². The third kappa shape index (κ3) is 18.0. The van der Waals surface area contributed by atoms with Crippen molar-refractivity contribution in [3.8, 4) is 44.5 Å². The fraction of sp³-hybridized carbons (Fsp3) is 0.546. The molecule has 11 aromatic rings. The van der Waals surface area contributed by atoms with Gasteiger partial charge in [-0.3, -0.25) is 0 Å². The number of para-hydroxylation sites is 2. The molecule has 4 aliphatic carbocycles. The summed E-state index contributed by atoms with van der Waals surface area (Å²) in [6.45, 7) is 21.4. The van der Waals surface area contributed by atoms with Crippen molar-refractivity contribution in [2.45, 2.75) is 418 Å². The molecule has 0 unspecified atom stereocenters. The largest absolute Gasteiger partial charge is 0.456 e. The van der Waals surface area contributed by atoms with Crippen molar-refractivity contribution >= 4 is 60.9 Å². The number of anilines is 3. The highest BCUT2D eigenvalue weighted by atomic mass is 16.3. The molecule has 0 saturated heterocycles. The molecule has 2 aromatic heterocycles. The van der Waals surface area contributed by atoms with Crippen LogP contribution in [0.15, 0.2) is 167 Å². The number of furan rings is 2. The molecule has 0 spiro atoms. The molecule has 0 atom stereocenters. The normalized spacial score (nSPS) is 14.6. The number of nitrogens with zero attached hydrogens (tertiary/aromatic N) is 1. The van der Waals surface area contributed by atoms with Crippen LogP contribution in [0.25, 0.3) is 88.4 Å². The maximum atomic E-state index is 7.70. The Morgan fingerprint density at radius 2 is 0.574 bits per heavy atom. The first-order chi connectivity index (χ1) is 60.1. The Kier molecular flexibility index (Phi) is 31.1. The number of fused-ring (bicyclic) bond motifs is 22. The van der Waals surface area contributed by atoms with Crippen LogP contribution in [0.5, 0.6) is 0 Å². The summed E-state index contributed by atoms with van der Waals surface area (Å²) >= 11 is 0. The molecule has 122 heavy (non-hydrogen) atoms. The van der Waals surface area contributed by atoms with Crippen molar-refractivity contribution in [1.82, 2.24) is 0 Å². The zero-order chi connectivity index (χ0) is 84.3. The summed E-state index contributed by atoms with van der Waals surface area (Å²) in [5.74, 6) is 0. The maximum Gasteiger partial charge on any atom is 0.144 e. The molecule has 0 N–H and O–H groups in total. The van der Waals surface area contributed by atoms with E-state index < -0.39 is 0 Å². The fourth-order valence-electron chi connectivity index (χ4n) is 24.7. The molecule has 0 fully saturated rings. The van der Waals surface area contributed by atoms with Crippen LogP contribution >= 0.6 is 0 Å². The van der Waals surface area contributed by atoms with Crippen LogP contribution in [-0.4, -0.2) is 0 Å². The number of rotatable bonds is 55. The number of aryl methyl sites for hydroxylation is 1. The Labute approximate surface area is 740 Å². The van der Waals surface area contributed by atoms with Gasteiger partial charge in [0.15, 0.2) is 0 Å². The van der Waals surface area contributed by atoms with Gasteiger partial charge in [-0.25, -0.2) is 0 Å². The summed E-state index contributed by atoms with van der Waals surface area (Å²) in [5, 5.41) is 5.25. The number of unbranched alkanes of at least 4 members (excludes halogenated alkanes) is 36. The van der Waals surface area contributed by atoms with E-state index in [4.69, 9.17) is 8.83 Å². The van der Waals surface area contributed by atoms with Gasteiger partial charge in [-0.2, -0.15) is 0 Å². The molecular formula is C119H157NO2. The van der Waals surface area contributed by atoms with E-state index in [1.54, 1.807) is 44.5 Å². The molecular weight excluding hydrogens is 1480 g/mol. The molecule has 0 amide bonds. The van der Waals surface area contributed by atoms with Gasteiger partial charge in [-0.1, -0.05) is 434 Å². The minimum absolute atomic E-state index is 0.105. The number of hydrogen-bond acceptors (Lipinski definition) is 3. The van der Waals surface area contributed by atoms with Gasteiger partial charge in [0, 0.05) is 65.8 Å². The Bertz CT molecular complexity index is 5140. The van der Waals surface area contributed by atoms with Crippen LogP contribution in [0.3, 0.4) is 0 Å². The quantitative estimate of drug-likeness (QED) is 0.0356. The summed E-state index contributed by atoms with van der Waals surface area (Å²) in [7, 11) is 0. The van der Waals surface area contributed by atoms with E-state index in [1.165, 1.54) is 397 Å². The van der Waals surface area contributed by atoms with Gasteiger partial charge < -0.3 is 13.7 Å². The summed E-state index contributed by atoms with van der Waals surface area (Å²) in [6.07, 6.45) is 65.9. The lowest BCUT2D eigenvalue weighted by Gasteiger charge is -2.40. The molecule has 0 radical (unpaired) electrons. The van der Waals surface area contributed by atoms with Gasteiger partial charge in [0.1, 0.15) is 22.3 Å². The first-order valence-corrected chi connectivity index (χ1v) is 51.6. The summed E-state index contributed by atoms with van der Waals surface area (Å²) in [5.41, 5.74) is 33.5. The smallest absolute Gasteiger partial charge is 0.144 e. The monoisotopic (exact) mass is 1630 g/mol. The van der Waals surface area contributed by atoms with Crippen molar-refractivity contribution in [2.75, 3.05) is 4.90 Å². The van der Waals surface area contributed by atoms with Crippen LogP contribution in [0.4, 0.5) is 17.1 Å². The average molecular weight is 1630 g/mol. The summed E-state index contributed by atoms with van der Waals surface area (Å²) < 4.78 is 14.7. The van der Waals surface area contributed by atoms with E-state index in [1.807, 2.05) is 0 Å². The van der Waals surface area contributed by atoms with Crippen LogP contribution in [0, 0.1) is 6.92 Å². The van der Waals surface area contributed by atoms with E-state index in [0.717, 1.165) is 48.0 Å². The molecule has 15 rings (SSSR count). The van der Waals surface area contributed by atoms with Crippen molar-refractivity contribution in [3.05, 3.63) is 208 Å². The standard InChI is InChI=1S/C119H157NO2/c1-10-18-26-34-42-52-76-116(77-53-43-35-27-19-11-2)100-74-75-107-109(95-61-47-50-64-105(95)121-107)108(100)98-87-103-97(86-104(98)116)92-72-70-90(84-101(92)117(103,78-54-44-36-28-20-12-3)79-55-45-37-29-21-13-4)120(89-68-66-88(9)67-69-89)91-71-73-94-102(85-91)119(82-58-40-32-24-16-7,83-59-41-33-25-17-8)113-110(94)111-96-62-48-51-65-106(96)122-115(111)112-93-60-46-49-63-99(93)118(114(112)113,80-56-38-30-22-14-5)81-57-39-31-23-15-6/h46-51,60-75,84-87H,10-45,52-59,76-83H2,1-9H3. The highest BCUT2D eigenvalue weighted by Gasteiger charge is 2.55. The van der Waals surface area contributed by atoms with Gasteiger partial charge in [-0.05, 0) is 208 Å². The van der Waals surface area contributed by atoms with Crippen molar-refractivity contribution in [2.24, 2.45) is 0 Å². The molecule has 0 saturated carbocycles. The predicted molar refractivity (Wildman–Crippen MR) is 531 cm³/mol. The molecule has 9 aromatic carbocycles. The second kappa shape index (κ2) is 42.6. The van der Waals surface area contributed by atoms with Crippen molar-refractivity contribution < 1.29 is 8.83 Å². The van der Waals surface area contributed by atoms with Gasteiger partial charge in [0.2, 0.25) is 0 Å². The van der Waals surface area contributed by atoms with Gasteiger partial charge in [-0.15, -0.1) is 0 Å². The molecule has 3 nitrogen and oxygen atoms in total. The zero-order valence-corrected chi connectivity index (χ0v) is 78.0. The Morgan fingerprint density at radius 3 is 1.06 bits per heavy atom. The van der Waals surface area contributed by atoms with E-state index in [9.17, 15) is 0 Å². The zero-order valence-electron chi connectivity index (χ0n) is 78.0. The minimum Gasteiger partial charge on any atom is -0.456 e. The molecule has 4 aliphatic rings. The van der Waals surface area contributed by atoms with E-state index in [0.29, 0.717) is 0 Å². The van der Waals surface area contributed by atoms with E-state index >= 15 is 0 Å². The highest BCUT2D eigenvalue weighted by molar-refractivity contribution is 6.21. The Balaban J connectivity index is 0.977. The molecule has 650 valence electrons. The molecule has 0 aliphatic heterocycles. The molecule has 0 bridgehead atoms. The second-order valence-electron chi connectivity index (χ2n) is 39.4. The van der Waals surface area contributed by atoms with Crippen molar-refractivity contribution in [3.63, 3.8) is 0 Å². The average Bonchev–Trinajstić information content (AvgIpc) is 1.49. The lowest BCUT2D eigenvalue weighted by atomic mass is 9.62. The van der Waals surface area contributed by atoms with Crippen LogP contribution in [0.1, 0.15) is 439 Å². The first-order valence-electron chi connectivity index (χ1n) is 51.6. The lowest BCUT2D eigenvalue weighted by Crippen LogP contribution is -2.33. The van der Waals surface area contributed by atoms with E-state index in [-0.39, 0.29) is 21.7 Å². The fourth-order valence-corrected chi connectivity index (χ4v) is 24.7. The van der Waals surface area contributed by atoms with Gasteiger partial charge in [0.05, 0.1) is 0 Å². The van der Waals surface area contributed by atoms with Crippen molar-refractivity contribution in [1.29, 1.82) is 0 Å². The van der Waals surface area contributed by atoms with Gasteiger partial charge in [0.25, 0.3) is 0 Å². The molecule has 3 heteroatoms. The first kappa shape index (κ1) is 89.2. The Hall–Kier alpha value is -7.62. The second-order valence-corrected chi connectivity index (χ2v) is 39.4. The van der Waals surface area contributed by atoms with Crippen LogP contribution in [0.2, 0.25) is 0 Å². The predicted octanol–water partition coefficient (Wildman–Crippen LogP) is 38.8. The molecule has 2 heterocycles. The number of hydrogen-bond donors (Lipinski definition) is 0. The summed E-state index contributed by atoms with van der Waals surface area (Å²) in [4.78, 5) is 2.78. The Morgan fingerprint density at radius 1 is 0.230 bits per heavy atom. The topological polar surface area (TPSA) is 29.5 Å². The number of benzene rings is 9. The summed E-state index contributed by atoms with van der Waals surface area (Å²) in [6, 6.07) is 65.1. The maximum absolute atomic E-state index is 7.70. The highest BCUT2D eigenvalue weighted by Crippen LogP contribution is 2.69. The van der Waals surface area contributed by atoms with Crippen LogP contribution < -0.4 is 4.90 Å². The van der Waals surface area contributed by atoms with Crippen LogP contribution in [-0.2, 0) is 21.7 Å². The minimum atomic E-state index is -0.248. The lowest BCUT2D eigenvalue weighted by molar-refractivity contribution is 0.369.